The van der Waals surface area contributed by atoms with Gasteiger partial charge in [0, 0.05) is 24.4 Å². The molecular formula is C14H27Cl2N3OS. The highest BCUT2D eigenvalue weighted by atomic mass is 35.5. The summed E-state index contributed by atoms with van der Waals surface area (Å²) >= 11 is 1.66. The van der Waals surface area contributed by atoms with Gasteiger partial charge < -0.3 is 11.1 Å². The molecule has 0 aliphatic heterocycles. The third-order valence-electron chi connectivity index (χ3n) is 2.91. The zero-order valence-electron chi connectivity index (χ0n) is 12.9. The molecule has 0 fully saturated rings. The number of thiazole rings is 1. The summed E-state index contributed by atoms with van der Waals surface area (Å²) in [5.74, 6) is 0.648. The summed E-state index contributed by atoms with van der Waals surface area (Å²) < 4.78 is 0. The van der Waals surface area contributed by atoms with Gasteiger partial charge in [-0.05, 0) is 32.1 Å². The molecule has 1 rings (SSSR count). The Morgan fingerprint density at radius 1 is 1.43 bits per heavy atom. The van der Waals surface area contributed by atoms with E-state index in [2.05, 4.69) is 29.5 Å². The normalized spacial score (nSPS) is 11.5. The molecule has 1 heterocycles. The maximum atomic E-state index is 11.8. The van der Waals surface area contributed by atoms with Gasteiger partial charge in [-0.25, -0.2) is 4.98 Å². The van der Waals surface area contributed by atoms with Gasteiger partial charge in [-0.1, -0.05) is 13.8 Å². The van der Waals surface area contributed by atoms with Gasteiger partial charge in [0.1, 0.15) is 0 Å². The summed E-state index contributed by atoms with van der Waals surface area (Å²) in [4.78, 5) is 16.2. The molecule has 3 N–H and O–H groups in total. The number of nitrogens with zero attached hydrogens (tertiary/aromatic N) is 1. The van der Waals surface area contributed by atoms with E-state index in [1.165, 1.54) is 0 Å². The first-order chi connectivity index (χ1) is 9.01. The predicted molar refractivity (Wildman–Crippen MR) is 94.7 cm³/mol. The first-order valence-corrected chi connectivity index (χ1v) is 7.79. The average Bonchev–Trinajstić information content (AvgIpc) is 2.73. The molecule has 1 unspecified atom stereocenters. The quantitative estimate of drug-likeness (QED) is 0.752. The summed E-state index contributed by atoms with van der Waals surface area (Å²) in [5, 5.41) is 6.15. The average molecular weight is 356 g/mol. The van der Waals surface area contributed by atoms with Crippen LogP contribution in [0.3, 0.4) is 0 Å². The molecule has 21 heavy (non-hydrogen) atoms. The van der Waals surface area contributed by atoms with Crippen molar-refractivity contribution in [1.29, 1.82) is 0 Å². The summed E-state index contributed by atoms with van der Waals surface area (Å²) in [7, 11) is 0. The molecule has 7 heteroatoms. The lowest BCUT2D eigenvalue weighted by Gasteiger charge is -2.18. The molecule has 1 atom stereocenters. The lowest BCUT2D eigenvalue weighted by atomic mass is 10.0. The third-order valence-corrected chi connectivity index (χ3v) is 3.73. The van der Waals surface area contributed by atoms with Gasteiger partial charge in [-0.15, -0.1) is 36.2 Å². The zero-order valence-corrected chi connectivity index (χ0v) is 15.4. The predicted octanol–water partition coefficient (Wildman–Crippen LogP) is 3.11. The maximum absolute atomic E-state index is 11.8. The molecule has 1 aromatic heterocycles. The molecule has 4 nitrogen and oxygen atoms in total. The summed E-state index contributed by atoms with van der Waals surface area (Å²) in [6.07, 6.45) is 3.20. The Balaban J connectivity index is 0. The van der Waals surface area contributed by atoms with Gasteiger partial charge in [0.15, 0.2) is 0 Å². The molecule has 0 saturated heterocycles. The lowest BCUT2D eigenvalue weighted by molar-refractivity contribution is -0.121. The van der Waals surface area contributed by atoms with Crippen molar-refractivity contribution in [3.05, 3.63) is 16.1 Å². The van der Waals surface area contributed by atoms with Crippen LogP contribution >= 0.6 is 36.2 Å². The minimum Gasteiger partial charge on any atom is -0.352 e. The van der Waals surface area contributed by atoms with E-state index < -0.39 is 0 Å². The van der Waals surface area contributed by atoms with Crippen LogP contribution < -0.4 is 11.1 Å². The van der Waals surface area contributed by atoms with E-state index >= 15 is 0 Å². The highest BCUT2D eigenvalue weighted by Crippen LogP contribution is 2.11. The molecular weight excluding hydrogens is 329 g/mol. The van der Waals surface area contributed by atoms with Crippen molar-refractivity contribution < 1.29 is 4.79 Å². The number of carbonyl (C=O) groups is 1. The molecule has 0 aromatic carbocycles. The number of halogens is 2. The van der Waals surface area contributed by atoms with Crippen LogP contribution in [0.25, 0.3) is 0 Å². The van der Waals surface area contributed by atoms with Gasteiger partial charge >= 0.3 is 0 Å². The Labute approximate surface area is 144 Å². The topological polar surface area (TPSA) is 68.0 Å². The smallest absolute Gasteiger partial charge is 0.220 e. The number of hydrogen-bond acceptors (Lipinski definition) is 4. The van der Waals surface area contributed by atoms with Crippen LogP contribution in [-0.2, 0) is 11.2 Å². The van der Waals surface area contributed by atoms with Crippen LogP contribution in [0.15, 0.2) is 5.38 Å². The fourth-order valence-corrected chi connectivity index (χ4v) is 2.68. The van der Waals surface area contributed by atoms with Crippen molar-refractivity contribution in [2.24, 2.45) is 11.7 Å². The molecule has 0 radical (unpaired) electrons. The fraction of sp³-hybridized carbons (Fsp3) is 0.714. The maximum Gasteiger partial charge on any atom is 0.220 e. The number of aryl methyl sites for hydroxylation is 2. The Hall–Kier alpha value is -0.360. The number of hydrogen-bond donors (Lipinski definition) is 2. The Morgan fingerprint density at radius 3 is 2.57 bits per heavy atom. The molecule has 0 spiro atoms. The summed E-state index contributed by atoms with van der Waals surface area (Å²) in [5.41, 5.74) is 6.76. The van der Waals surface area contributed by atoms with Crippen LogP contribution in [0.4, 0.5) is 0 Å². The van der Waals surface area contributed by atoms with Gasteiger partial charge in [-0.3, -0.25) is 4.79 Å². The van der Waals surface area contributed by atoms with Crippen LogP contribution in [0.5, 0.6) is 0 Å². The second-order valence-electron chi connectivity index (χ2n) is 5.34. The minimum atomic E-state index is 0. The summed E-state index contributed by atoms with van der Waals surface area (Å²) in [6, 6.07) is 0.106. The van der Waals surface area contributed by atoms with Crippen molar-refractivity contribution in [2.45, 2.75) is 52.5 Å². The second kappa shape index (κ2) is 12.2. The monoisotopic (exact) mass is 355 g/mol. The zero-order chi connectivity index (χ0) is 14.3. The first kappa shape index (κ1) is 22.9. The highest BCUT2D eigenvalue weighted by Gasteiger charge is 2.12. The number of carbonyl (C=O) groups excluding carboxylic acids is 1. The van der Waals surface area contributed by atoms with Gasteiger partial charge in [0.2, 0.25) is 5.91 Å². The van der Waals surface area contributed by atoms with Gasteiger partial charge in [0.25, 0.3) is 0 Å². The van der Waals surface area contributed by atoms with Crippen LogP contribution in [0.2, 0.25) is 0 Å². The number of amides is 1. The van der Waals surface area contributed by atoms with Crippen molar-refractivity contribution in [1.82, 2.24) is 10.3 Å². The lowest BCUT2D eigenvalue weighted by Crippen LogP contribution is -2.40. The molecule has 1 amide bonds. The summed E-state index contributed by atoms with van der Waals surface area (Å²) in [6.45, 7) is 6.78. The Morgan fingerprint density at radius 2 is 2.10 bits per heavy atom. The van der Waals surface area contributed by atoms with E-state index in [1.807, 2.05) is 6.92 Å². The van der Waals surface area contributed by atoms with Crippen LogP contribution in [0.1, 0.15) is 43.8 Å². The Kier molecular flexibility index (Phi) is 13.3. The van der Waals surface area contributed by atoms with E-state index in [0.717, 1.165) is 30.0 Å². The number of nitrogens with two attached hydrogens (primary N) is 1. The fourth-order valence-electron chi connectivity index (χ4n) is 2.04. The third kappa shape index (κ3) is 10.1. The van der Waals surface area contributed by atoms with Gasteiger partial charge in [0.05, 0.1) is 10.7 Å². The molecule has 124 valence electrons. The largest absolute Gasteiger partial charge is 0.352 e. The van der Waals surface area contributed by atoms with Crippen LogP contribution in [0, 0.1) is 12.8 Å². The van der Waals surface area contributed by atoms with E-state index in [0.29, 0.717) is 18.9 Å². The van der Waals surface area contributed by atoms with Crippen molar-refractivity contribution in [3.8, 4) is 0 Å². The van der Waals surface area contributed by atoms with E-state index in [-0.39, 0.29) is 36.8 Å². The molecule has 0 saturated carbocycles. The number of nitrogens with one attached hydrogen (secondary N) is 1. The van der Waals surface area contributed by atoms with Crippen molar-refractivity contribution in [2.75, 3.05) is 6.54 Å². The van der Waals surface area contributed by atoms with E-state index in [9.17, 15) is 4.79 Å². The number of aromatic nitrogens is 1. The Bertz CT molecular complexity index is 399. The van der Waals surface area contributed by atoms with Crippen molar-refractivity contribution in [3.63, 3.8) is 0 Å². The SMILES string of the molecule is Cc1nc(CCCC(=O)NC(CN)CC(C)C)cs1.Cl.Cl. The molecule has 1 aromatic rings. The molecule has 0 aliphatic rings. The van der Waals surface area contributed by atoms with Gasteiger partial charge in [-0.2, -0.15) is 0 Å². The highest BCUT2D eigenvalue weighted by molar-refractivity contribution is 7.09. The van der Waals surface area contributed by atoms with Crippen LogP contribution in [-0.4, -0.2) is 23.5 Å². The molecule has 0 aliphatic carbocycles. The second-order valence-corrected chi connectivity index (χ2v) is 6.40. The standard InChI is InChI=1S/C14H25N3OS.2ClH/c1-10(2)7-13(8-15)17-14(18)6-4-5-12-9-19-11(3)16-12;;/h9-10,13H,4-8,15H2,1-3H3,(H,17,18);2*1H. The van der Waals surface area contributed by atoms with E-state index in [4.69, 9.17) is 5.73 Å². The minimum absolute atomic E-state index is 0. The molecule has 0 bridgehead atoms. The van der Waals surface area contributed by atoms with E-state index in [1.54, 1.807) is 11.3 Å². The van der Waals surface area contributed by atoms with Crippen molar-refractivity contribution >= 4 is 42.1 Å². The first-order valence-electron chi connectivity index (χ1n) is 6.91. The number of rotatable bonds is 8.